The van der Waals surface area contributed by atoms with E-state index >= 15 is 0 Å². The number of morpholine rings is 1. The number of hydrogen-bond acceptors (Lipinski definition) is 4. The van der Waals surface area contributed by atoms with Gasteiger partial charge in [0.05, 0.1) is 18.8 Å². The summed E-state index contributed by atoms with van der Waals surface area (Å²) in [6.07, 6.45) is 0. The molecule has 0 N–H and O–H groups in total. The van der Waals surface area contributed by atoms with Crippen LogP contribution in [-0.4, -0.2) is 62.9 Å². The molecule has 0 bridgehead atoms. The Balaban J connectivity index is 2.50. The van der Waals surface area contributed by atoms with E-state index in [0.717, 1.165) is 0 Å². The molecular formula is C15H20BrFN2O4S. The summed E-state index contributed by atoms with van der Waals surface area (Å²) in [5.74, 6) is -1.54. The average molecular weight is 423 g/mol. The van der Waals surface area contributed by atoms with Gasteiger partial charge in [0, 0.05) is 30.7 Å². The third kappa shape index (κ3) is 3.79. The van der Waals surface area contributed by atoms with Crippen molar-refractivity contribution in [3.63, 3.8) is 0 Å². The molecule has 0 aromatic heterocycles. The smallest absolute Gasteiger partial charge is 0.256 e. The van der Waals surface area contributed by atoms with Crippen LogP contribution < -0.4 is 0 Å². The number of nitrogens with zero attached hydrogens (tertiary/aromatic N) is 2. The van der Waals surface area contributed by atoms with E-state index in [2.05, 4.69) is 15.9 Å². The lowest BCUT2D eigenvalue weighted by molar-refractivity contribution is 0.0728. The standard InChI is InChI=1S/C15H20BrFN2O4S/c1-3-18(4-2)15(20)12-9-11(16)10-13(14(12)17)24(21,22)19-5-7-23-8-6-19/h9-10H,3-8H2,1-2H3. The van der Waals surface area contributed by atoms with Crippen molar-refractivity contribution < 1.29 is 22.3 Å². The Kier molecular flexibility index (Phi) is 6.35. The molecule has 0 aliphatic carbocycles. The molecule has 24 heavy (non-hydrogen) atoms. The summed E-state index contributed by atoms with van der Waals surface area (Å²) in [6, 6.07) is 2.51. The first kappa shape index (κ1) is 19.3. The number of carbonyl (C=O) groups excluding carboxylic acids is 1. The zero-order valence-electron chi connectivity index (χ0n) is 13.6. The minimum Gasteiger partial charge on any atom is -0.379 e. The number of rotatable bonds is 5. The van der Waals surface area contributed by atoms with Crippen LogP contribution in [0.15, 0.2) is 21.5 Å². The quantitative estimate of drug-likeness (QED) is 0.728. The van der Waals surface area contributed by atoms with Crippen molar-refractivity contribution in [2.24, 2.45) is 0 Å². The van der Waals surface area contributed by atoms with Crippen LogP contribution >= 0.6 is 15.9 Å². The van der Waals surface area contributed by atoms with Gasteiger partial charge < -0.3 is 9.64 Å². The molecule has 0 spiro atoms. The Hall–Kier alpha value is -1.03. The van der Waals surface area contributed by atoms with Crippen LogP contribution in [0, 0.1) is 5.82 Å². The third-order valence-electron chi connectivity index (χ3n) is 3.87. The van der Waals surface area contributed by atoms with Crippen LogP contribution in [-0.2, 0) is 14.8 Å². The van der Waals surface area contributed by atoms with E-state index in [-0.39, 0.29) is 31.9 Å². The first-order valence-electron chi connectivity index (χ1n) is 7.69. The predicted molar refractivity (Wildman–Crippen MR) is 90.9 cm³/mol. The Morgan fingerprint density at radius 2 is 1.88 bits per heavy atom. The fourth-order valence-corrected chi connectivity index (χ4v) is 4.64. The van der Waals surface area contributed by atoms with E-state index in [9.17, 15) is 17.6 Å². The van der Waals surface area contributed by atoms with Crippen molar-refractivity contribution in [3.05, 3.63) is 28.0 Å². The van der Waals surface area contributed by atoms with Crippen LogP contribution in [0.4, 0.5) is 4.39 Å². The maximum atomic E-state index is 14.9. The molecule has 1 aliphatic rings. The third-order valence-corrected chi connectivity index (χ3v) is 6.23. The molecule has 1 aromatic carbocycles. The fraction of sp³-hybridized carbons (Fsp3) is 0.533. The molecule has 1 saturated heterocycles. The number of ether oxygens (including phenoxy) is 1. The average Bonchev–Trinajstić information content (AvgIpc) is 2.58. The lowest BCUT2D eigenvalue weighted by atomic mass is 10.2. The molecular weight excluding hydrogens is 403 g/mol. The van der Waals surface area contributed by atoms with Crippen molar-refractivity contribution in [1.29, 1.82) is 0 Å². The van der Waals surface area contributed by atoms with E-state index in [1.807, 2.05) is 0 Å². The predicted octanol–water partition coefficient (Wildman–Crippen LogP) is 2.09. The van der Waals surface area contributed by atoms with Gasteiger partial charge in [0.1, 0.15) is 4.90 Å². The molecule has 6 nitrogen and oxygen atoms in total. The second kappa shape index (κ2) is 7.90. The highest BCUT2D eigenvalue weighted by molar-refractivity contribution is 9.10. The molecule has 134 valence electrons. The second-order valence-electron chi connectivity index (χ2n) is 5.26. The molecule has 2 rings (SSSR count). The monoisotopic (exact) mass is 422 g/mol. The maximum absolute atomic E-state index is 14.9. The Labute approximate surface area is 149 Å². The van der Waals surface area contributed by atoms with Gasteiger partial charge in [-0.25, -0.2) is 12.8 Å². The second-order valence-corrected chi connectivity index (χ2v) is 8.08. The van der Waals surface area contributed by atoms with E-state index in [4.69, 9.17) is 4.74 Å². The highest BCUT2D eigenvalue weighted by atomic mass is 79.9. The highest BCUT2D eigenvalue weighted by Gasteiger charge is 2.32. The Morgan fingerprint density at radius 3 is 2.42 bits per heavy atom. The molecule has 0 atom stereocenters. The molecule has 1 aromatic rings. The van der Waals surface area contributed by atoms with Gasteiger partial charge in [-0.05, 0) is 26.0 Å². The lowest BCUT2D eigenvalue weighted by Crippen LogP contribution is -2.41. The van der Waals surface area contributed by atoms with Crippen molar-refractivity contribution in [2.45, 2.75) is 18.7 Å². The summed E-state index contributed by atoms with van der Waals surface area (Å²) in [5.41, 5.74) is -0.250. The summed E-state index contributed by atoms with van der Waals surface area (Å²) in [7, 11) is -4.03. The first-order chi connectivity index (χ1) is 11.3. The van der Waals surface area contributed by atoms with Gasteiger partial charge in [-0.3, -0.25) is 4.79 Å². The number of amides is 1. The molecule has 1 heterocycles. The molecule has 1 aliphatic heterocycles. The van der Waals surface area contributed by atoms with Gasteiger partial charge >= 0.3 is 0 Å². The minimum atomic E-state index is -4.03. The molecule has 1 fully saturated rings. The highest BCUT2D eigenvalue weighted by Crippen LogP contribution is 2.28. The molecule has 0 radical (unpaired) electrons. The zero-order valence-corrected chi connectivity index (χ0v) is 16.0. The van der Waals surface area contributed by atoms with Crippen molar-refractivity contribution in [2.75, 3.05) is 39.4 Å². The van der Waals surface area contributed by atoms with E-state index < -0.39 is 26.6 Å². The summed E-state index contributed by atoms with van der Waals surface area (Å²) in [4.78, 5) is 13.4. The summed E-state index contributed by atoms with van der Waals surface area (Å²) < 4.78 is 47.0. The van der Waals surface area contributed by atoms with Gasteiger partial charge in [-0.15, -0.1) is 0 Å². The molecule has 0 unspecified atom stereocenters. The normalized spacial score (nSPS) is 16.2. The van der Waals surface area contributed by atoms with Crippen LogP contribution in [0.5, 0.6) is 0 Å². The largest absolute Gasteiger partial charge is 0.379 e. The number of hydrogen-bond donors (Lipinski definition) is 0. The number of benzene rings is 1. The van der Waals surface area contributed by atoms with E-state index in [0.29, 0.717) is 17.6 Å². The van der Waals surface area contributed by atoms with Crippen LogP contribution in [0.1, 0.15) is 24.2 Å². The van der Waals surface area contributed by atoms with E-state index in [1.165, 1.54) is 21.3 Å². The van der Waals surface area contributed by atoms with Crippen LogP contribution in [0.2, 0.25) is 0 Å². The summed E-state index contributed by atoms with van der Waals surface area (Å²) in [6.45, 7) is 5.23. The Morgan fingerprint density at radius 1 is 1.29 bits per heavy atom. The number of sulfonamides is 1. The number of halogens is 2. The zero-order chi connectivity index (χ0) is 17.9. The van der Waals surface area contributed by atoms with E-state index in [1.54, 1.807) is 13.8 Å². The number of carbonyl (C=O) groups is 1. The van der Waals surface area contributed by atoms with Crippen molar-refractivity contribution in [3.8, 4) is 0 Å². The molecule has 9 heteroatoms. The van der Waals surface area contributed by atoms with Gasteiger partial charge in [-0.1, -0.05) is 15.9 Å². The maximum Gasteiger partial charge on any atom is 0.256 e. The van der Waals surface area contributed by atoms with Crippen molar-refractivity contribution >= 4 is 31.9 Å². The first-order valence-corrected chi connectivity index (χ1v) is 9.92. The summed E-state index contributed by atoms with van der Waals surface area (Å²) in [5, 5.41) is 0. The Bertz CT molecular complexity index is 716. The van der Waals surface area contributed by atoms with Gasteiger partial charge in [0.2, 0.25) is 10.0 Å². The van der Waals surface area contributed by atoms with Gasteiger partial charge in [0.15, 0.2) is 5.82 Å². The fourth-order valence-electron chi connectivity index (χ4n) is 2.51. The lowest BCUT2D eigenvalue weighted by Gasteiger charge is -2.27. The van der Waals surface area contributed by atoms with Gasteiger partial charge in [-0.2, -0.15) is 4.31 Å². The summed E-state index contributed by atoms with van der Waals surface area (Å²) >= 11 is 3.18. The van der Waals surface area contributed by atoms with Gasteiger partial charge in [0.25, 0.3) is 5.91 Å². The van der Waals surface area contributed by atoms with Crippen LogP contribution in [0.25, 0.3) is 0 Å². The van der Waals surface area contributed by atoms with Crippen LogP contribution in [0.3, 0.4) is 0 Å². The SMILES string of the molecule is CCN(CC)C(=O)c1cc(Br)cc(S(=O)(=O)N2CCOCC2)c1F. The molecule has 0 saturated carbocycles. The minimum absolute atomic E-state index is 0.160. The molecule has 1 amide bonds. The van der Waals surface area contributed by atoms with Crippen molar-refractivity contribution in [1.82, 2.24) is 9.21 Å². The topological polar surface area (TPSA) is 66.9 Å².